The highest BCUT2D eigenvalue weighted by Gasteiger charge is 2.35. The second-order valence-electron chi connectivity index (χ2n) is 6.49. The van der Waals surface area contributed by atoms with Crippen LogP contribution in [0.25, 0.3) is 10.2 Å². The van der Waals surface area contributed by atoms with E-state index in [0.717, 1.165) is 28.3 Å². The predicted molar refractivity (Wildman–Crippen MR) is 122 cm³/mol. The predicted octanol–water partition coefficient (Wildman–Crippen LogP) is 3.12. The number of rotatable bonds is 4. The number of aromatic amines is 1. The summed E-state index contributed by atoms with van der Waals surface area (Å²) >= 11 is 2.43. The van der Waals surface area contributed by atoms with Crippen molar-refractivity contribution in [3.63, 3.8) is 0 Å². The number of hydrogen-bond donors (Lipinski definition) is 2. The van der Waals surface area contributed by atoms with Crippen molar-refractivity contribution in [2.75, 3.05) is 17.4 Å². The molecule has 9 nitrogen and oxygen atoms in total. The van der Waals surface area contributed by atoms with Gasteiger partial charge in [-0.05, 0) is 43.3 Å². The number of carbonyl (C=O) groups excluding carboxylic acids is 2. The van der Waals surface area contributed by atoms with E-state index in [1.807, 2.05) is 19.9 Å². The molecule has 0 bridgehead atoms. The number of hydrogen-bond acceptors (Lipinski definition) is 9. The van der Waals surface area contributed by atoms with E-state index >= 15 is 0 Å². The highest BCUT2D eigenvalue weighted by atomic mass is 32.2. The Morgan fingerprint density at radius 3 is 2.71 bits per heavy atom. The summed E-state index contributed by atoms with van der Waals surface area (Å²) in [7, 11) is 1.24. The standard InChI is InChI=1S/C20H17N5O4S2/c1-10-11(2)30-17-15(10)16(27)21-19(22-17)23-24-20-25(12-7-5-4-6-8-12)18(28)13(31-20)9-14(26)29-3/h4-9H,1-3H3,(H2,21,22,23,27)/b13-9+,24-20-. The van der Waals surface area contributed by atoms with Gasteiger partial charge in [-0.25, -0.2) is 15.2 Å². The number of aryl methyl sites for hydroxylation is 2. The average Bonchev–Trinajstić information content (AvgIpc) is 3.22. The molecule has 0 radical (unpaired) electrons. The number of fused-ring (bicyclic) bond motifs is 1. The molecule has 1 aliphatic rings. The molecule has 0 spiro atoms. The van der Waals surface area contributed by atoms with Crippen LogP contribution < -0.4 is 15.9 Å². The minimum Gasteiger partial charge on any atom is -0.466 e. The van der Waals surface area contributed by atoms with Gasteiger partial charge >= 0.3 is 5.97 Å². The molecule has 2 aromatic heterocycles. The average molecular weight is 456 g/mol. The third-order valence-corrected chi connectivity index (χ3v) is 6.64. The normalized spacial score (nSPS) is 16.5. The maximum atomic E-state index is 12.9. The van der Waals surface area contributed by atoms with Crippen LogP contribution in [0.1, 0.15) is 10.4 Å². The lowest BCUT2D eigenvalue weighted by Gasteiger charge is -2.15. The van der Waals surface area contributed by atoms with Crippen LogP contribution >= 0.6 is 23.1 Å². The Morgan fingerprint density at radius 1 is 1.26 bits per heavy atom. The van der Waals surface area contributed by atoms with Crippen molar-refractivity contribution in [1.29, 1.82) is 0 Å². The zero-order valence-electron chi connectivity index (χ0n) is 16.8. The summed E-state index contributed by atoms with van der Waals surface area (Å²) in [5.74, 6) is -0.903. The Morgan fingerprint density at radius 2 is 2.00 bits per heavy atom. The molecule has 3 aromatic rings. The number of methoxy groups -OCH3 is 1. The molecule has 3 heterocycles. The SMILES string of the molecule is COC(=O)/C=C1/S/C(=N\Nc2nc3sc(C)c(C)c3c(=O)[nH]2)N(c2ccccc2)C1=O. The molecule has 0 aliphatic carbocycles. The highest BCUT2D eigenvalue weighted by Crippen LogP contribution is 2.34. The molecule has 1 saturated heterocycles. The number of hydrazone groups is 1. The van der Waals surface area contributed by atoms with E-state index in [1.165, 1.54) is 23.3 Å². The number of carbonyl (C=O) groups is 2. The van der Waals surface area contributed by atoms with Crippen LogP contribution in [0, 0.1) is 13.8 Å². The van der Waals surface area contributed by atoms with Gasteiger partial charge in [-0.15, -0.1) is 16.4 Å². The van der Waals surface area contributed by atoms with Gasteiger partial charge < -0.3 is 4.74 Å². The summed E-state index contributed by atoms with van der Waals surface area (Å²) in [5.41, 5.74) is 3.94. The first-order valence-corrected chi connectivity index (χ1v) is 10.7. The third-order valence-electron chi connectivity index (χ3n) is 4.57. The monoisotopic (exact) mass is 455 g/mol. The number of ether oxygens (including phenoxy) is 1. The van der Waals surface area contributed by atoms with Crippen LogP contribution in [0.4, 0.5) is 11.6 Å². The summed E-state index contributed by atoms with van der Waals surface area (Å²) in [6.07, 6.45) is 1.12. The molecule has 1 aromatic carbocycles. The van der Waals surface area contributed by atoms with Crippen LogP contribution in [-0.2, 0) is 14.3 Å². The van der Waals surface area contributed by atoms with Gasteiger partial charge in [0, 0.05) is 11.0 Å². The van der Waals surface area contributed by atoms with Crippen LogP contribution in [-0.4, -0.2) is 34.1 Å². The number of aromatic nitrogens is 2. The van der Waals surface area contributed by atoms with E-state index in [1.54, 1.807) is 24.3 Å². The van der Waals surface area contributed by atoms with Crippen LogP contribution in [0.5, 0.6) is 0 Å². The fraction of sp³-hybridized carbons (Fsp3) is 0.150. The molecule has 31 heavy (non-hydrogen) atoms. The Labute approximate surface area is 184 Å². The molecule has 1 aliphatic heterocycles. The van der Waals surface area contributed by atoms with Crippen LogP contribution in [0.3, 0.4) is 0 Å². The van der Waals surface area contributed by atoms with Crippen LogP contribution in [0.2, 0.25) is 0 Å². The number of amidine groups is 1. The number of anilines is 2. The Bertz CT molecular complexity index is 1310. The van der Waals surface area contributed by atoms with E-state index < -0.39 is 11.9 Å². The second kappa shape index (κ2) is 8.36. The third kappa shape index (κ3) is 3.97. The van der Waals surface area contributed by atoms with Crippen LogP contribution in [0.15, 0.2) is 51.2 Å². The number of benzene rings is 1. The van der Waals surface area contributed by atoms with Gasteiger partial charge in [-0.1, -0.05) is 18.2 Å². The fourth-order valence-electron chi connectivity index (χ4n) is 2.93. The minimum atomic E-state index is -0.641. The molecular formula is C20H17N5O4S2. The van der Waals surface area contributed by atoms with Crippen molar-refractivity contribution in [3.8, 4) is 0 Å². The summed E-state index contributed by atoms with van der Waals surface area (Å²) in [6, 6.07) is 8.90. The summed E-state index contributed by atoms with van der Waals surface area (Å²) in [6.45, 7) is 3.81. The van der Waals surface area contributed by atoms with E-state index in [-0.39, 0.29) is 21.6 Å². The highest BCUT2D eigenvalue weighted by molar-refractivity contribution is 8.19. The number of nitrogens with zero attached hydrogens (tertiary/aromatic N) is 3. The van der Waals surface area contributed by atoms with Crippen molar-refractivity contribution in [2.45, 2.75) is 13.8 Å². The smallest absolute Gasteiger partial charge is 0.331 e. The number of para-hydroxylation sites is 1. The molecule has 1 amide bonds. The van der Waals surface area contributed by atoms with Gasteiger partial charge in [0.25, 0.3) is 11.5 Å². The van der Waals surface area contributed by atoms with E-state index in [4.69, 9.17) is 0 Å². The van der Waals surface area contributed by atoms with E-state index in [2.05, 4.69) is 25.2 Å². The summed E-state index contributed by atoms with van der Waals surface area (Å²) in [5, 5.41) is 5.10. The van der Waals surface area contributed by atoms with Gasteiger partial charge in [0.15, 0.2) is 5.17 Å². The summed E-state index contributed by atoms with van der Waals surface area (Å²) in [4.78, 5) is 47.2. The number of H-pyrrole nitrogens is 1. The first-order valence-electron chi connectivity index (χ1n) is 9.09. The summed E-state index contributed by atoms with van der Waals surface area (Å²) < 4.78 is 4.63. The number of thioether (sulfide) groups is 1. The molecule has 1 fully saturated rings. The molecule has 2 N–H and O–H groups in total. The fourth-order valence-corrected chi connectivity index (χ4v) is 4.86. The Balaban J connectivity index is 1.71. The van der Waals surface area contributed by atoms with Gasteiger partial charge in [-0.2, -0.15) is 0 Å². The Kier molecular flexibility index (Phi) is 5.61. The Hall–Kier alpha value is -3.44. The second-order valence-corrected chi connectivity index (χ2v) is 8.71. The number of amides is 1. The number of thiophene rings is 1. The van der Waals surface area contributed by atoms with Gasteiger partial charge in [-0.3, -0.25) is 19.5 Å². The molecule has 0 saturated carbocycles. The topological polar surface area (TPSA) is 117 Å². The largest absolute Gasteiger partial charge is 0.466 e. The lowest BCUT2D eigenvalue weighted by molar-refractivity contribution is -0.135. The molecule has 11 heteroatoms. The van der Waals surface area contributed by atoms with Crippen molar-refractivity contribution in [1.82, 2.24) is 9.97 Å². The van der Waals surface area contributed by atoms with Crippen molar-refractivity contribution >= 4 is 62.0 Å². The zero-order chi connectivity index (χ0) is 22.1. The lowest BCUT2D eigenvalue weighted by Crippen LogP contribution is -2.29. The molecular weight excluding hydrogens is 438 g/mol. The van der Waals surface area contributed by atoms with Crippen molar-refractivity contribution < 1.29 is 14.3 Å². The minimum absolute atomic E-state index is 0.151. The first kappa shape index (κ1) is 20.8. The maximum absolute atomic E-state index is 12.9. The molecule has 4 rings (SSSR count). The van der Waals surface area contributed by atoms with Gasteiger partial charge in [0.1, 0.15) is 4.83 Å². The number of esters is 1. The molecule has 0 atom stereocenters. The zero-order valence-corrected chi connectivity index (χ0v) is 18.4. The van der Waals surface area contributed by atoms with Crippen molar-refractivity contribution in [3.05, 3.63) is 62.1 Å². The lowest BCUT2D eigenvalue weighted by atomic mass is 10.2. The van der Waals surface area contributed by atoms with E-state index in [0.29, 0.717) is 15.9 Å². The number of nitrogens with one attached hydrogen (secondary N) is 2. The van der Waals surface area contributed by atoms with Crippen molar-refractivity contribution in [2.24, 2.45) is 5.10 Å². The first-order chi connectivity index (χ1) is 14.9. The van der Waals surface area contributed by atoms with Gasteiger partial charge in [0.05, 0.1) is 23.1 Å². The van der Waals surface area contributed by atoms with E-state index in [9.17, 15) is 14.4 Å². The quantitative estimate of drug-likeness (QED) is 0.353. The molecule has 0 unspecified atom stereocenters. The maximum Gasteiger partial charge on any atom is 0.331 e. The molecule has 158 valence electrons. The van der Waals surface area contributed by atoms with Gasteiger partial charge in [0.2, 0.25) is 5.95 Å².